The lowest BCUT2D eigenvalue weighted by atomic mass is 9.35. The largest absolute Gasteiger partial charge is 0.458 e. The Hall–Kier alpha value is -5.15. The van der Waals surface area contributed by atoms with E-state index in [1.807, 2.05) is 66.7 Å². The number of fused-ring (bicyclic) bond motifs is 2. The van der Waals surface area contributed by atoms with E-state index in [-0.39, 0.29) is 12.5 Å². The summed E-state index contributed by atoms with van der Waals surface area (Å²) in [5.41, 5.74) is 11.0. The van der Waals surface area contributed by atoms with Crippen LogP contribution < -0.4 is 21.1 Å². The molecule has 2 nitrogen and oxygen atoms in total. The van der Waals surface area contributed by atoms with Gasteiger partial charge in [0.15, 0.2) is 5.78 Å². The highest BCUT2D eigenvalue weighted by atomic mass is 16.5. The molecule has 1 aliphatic rings. The first kappa shape index (κ1) is 25.8. The van der Waals surface area contributed by atoms with Crippen LogP contribution in [0.15, 0.2) is 140 Å². The zero-order valence-electron chi connectivity index (χ0n) is 23.7. The third kappa shape index (κ3) is 4.35. The second kappa shape index (κ2) is 10.7. The molecular formula is C39H29BO2. The van der Waals surface area contributed by atoms with Crippen LogP contribution in [0.3, 0.4) is 0 Å². The van der Waals surface area contributed by atoms with Crippen LogP contribution in [0.25, 0.3) is 22.3 Å². The van der Waals surface area contributed by atoms with E-state index in [4.69, 9.17) is 4.74 Å². The highest BCUT2D eigenvalue weighted by Gasteiger charge is 2.34. The van der Waals surface area contributed by atoms with Crippen molar-refractivity contribution in [2.75, 3.05) is 0 Å². The van der Waals surface area contributed by atoms with Gasteiger partial charge in [0, 0.05) is 16.7 Å². The number of aryl methyl sites for hydroxylation is 1. The number of ketones is 1. The van der Waals surface area contributed by atoms with Gasteiger partial charge in [0.1, 0.15) is 11.5 Å². The summed E-state index contributed by atoms with van der Waals surface area (Å²) in [4.78, 5) is 14.4. The molecule has 1 aliphatic heterocycles. The Morgan fingerprint density at radius 1 is 0.524 bits per heavy atom. The fourth-order valence-corrected chi connectivity index (χ4v) is 6.22. The van der Waals surface area contributed by atoms with Crippen molar-refractivity contribution < 1.29 is 9.53 Å². The summed E-state index contributed by atoms with van der Waals surface area (Å²) in [6.45, 7) is 4.26. The Morgan fingerprint density at radius 3 is 1.83 bits per heavy atom. The second-order valence-corrected chi connectivity index (χ2v) is 10.9. The monoisotopic (exact) mass is 540 g/mol. The van der Waals surface area contributed by atoms with E-state index in [0.717, 1.165) is 44.7 Å². The summed E-state index contributed by atoms with van der Waals surface area (Å²) in [6.07, 6.45) is 0. The van der Waals surface area contributed by atoms with Gasteiger partial charge in [-0.3, -0.25) is 4.79 Å². The fourth-order valence-electron chi connectivity index (χ4n) is 6.22. The number of ether oxygens (including phenoxy) is 1. The molecule has 0 fully saturated rings. The maximum Gasteiger partial charge on any atom is 0.250 e. The summed E-state index contributed by atoms with van der Waals surface area (Å²) in [5, 5.41) is 0. The number of carbonyl (C=O) groups excluding carboxylic acids is 1. The van der Waals surface area contributed by atoms with Crippen molar-refractivity contribution in [1.29, 1.82) is 0 Å². The SMILES string of the molecule is Cc1cccc(-c2ccccc2C(=O)c2ccccc2-c2cccc3c2Oc2ccccc2B3c2ccccc2)c1C. The zero-order valence-corrected chi connectivity index (χ0v) is 23.7. The van der Waals surface area contributed by atoms with E-state index in [1.165, 1.54) is 16.6 Å². The summed E-state index contributed by atoms with van der Waals surface area (Å²) < 4.78 is 6.67. The smallest absolute Gasteiger partial charge is 0.250 e. The molecule has 0 aromatic heterocycles. The highest BCUT2D eigenvalue weighted by Crippen LogP contribution is 2.38. The first-order valence-electron chi connectivity index (χ1n) is 14.4. The molecule has 42 heavy (non-hydrogen) atoms. The van der Waals surface area contributed by atoms with Gasteiger partial charge in [-0.05, 0) is 58.7 Å². The van der Waals surface area contributed by atoms with Gasteiger partial charge in [-0.1, -0.05) is 139 Å². The van der Waals surface area contributed by atoms with Gasteiger partial charge in [-0.15, -0.1) is 0 Å². The van der Waals surface area contributed by atoms with Crippen molar-refractivity contribution in [3.05, 3.63) is 162 Å². The molecule has 0 bridgehead atoms. The van der Waals surface area contributed by atoms with Crippen LogP contribution in [0.2, 0.25) is 0 Å². The Balaban J connectivity index is 1.39. The van der Waals surface area contributed by atoms with Crippen LogP contribution in [0.1, 0.15) is 27.0 Å². The molecule has 0 amide bonds. The van der Waals surface area contributed by atoms with E-state index < -0.39 is 0 Å². The average Bonchev–Trinajstić information content (AvgIpc) is 3.05. The van der Waals surface area contributed by atoms with Crippen LogP contribution >= 0.6 is 0 Å². The molecule has 6 aromatic carbocycles. The zero-order chi connectivity index (χ0) is 28.6. The summed E-state index contributed by atoms with van der Waals surface area (Å²) in [6, 6.07) is 47.2. The highest BCUT2D eigenvalue weighted by molar-refractivity contribution is 6.97. The minimum atomic E-state index is -0.00414. The molecule has 0 unspecified atom stereocenters. The minimum Gasteiger partial charge on any atom is -0.458 e. The second-order valence-electron chi connectivity index (χ2n) is 10.9. The van der Waals surface area contributed by atoms with Crippen LogP contribution in [-0.4, -0.2) is 12.5 Å². The lowest BCUT2D eigenvalue weighted by molar-refractivity contribution is 0.104. The molecule has 200 valence electrons. The third-order valence-corrected chi connectivity index (χ3v) is 8.46. The van der Waals surface area contributed by atoms with Crippen LogP contribution in [0.4, 0.5) is 0 Å². The molecule has 0 N–H and O–H groups in total. The van der Waals surface area contributed by atoms with Crippen molar-refractivity contribution in [1.82, 2.24) is 0 Å². The Kier molecular flexibility index (Phi) is 6.56. The van der Waals surface area contributed by atoms with Crippen molar-refractivity contribution >= 4 is 28.9 Å². The molecule has 0 aliphatic carbocycles. The molecule has 0 saturated heterocycles. The van der Waals surface area contributed by atoms with E-state index in [9.17, 15) is 4.79 Å². The number of benzene rings is 6. The first-order chi connectivity index (χ1) is 20.6. The molecule has 1 heterocycles. The molecule has 0 spiro atoms. The van der Waals surface area contributed by atoms with Gasteiger partial charge in [0.05, 0.1) is 0 Å². The van der Waals surface area contributed by atoms with Gasteiger partial charge in [-0.25, -0.2) is 0 Å². The topological polar surface area (TPSA) is 26.3 Å². The minimum absolute atomic E-state index is 0.00414. The lowest BCUT2D eigenvalue weighted by Crippen LogP contribution is -2.54. The summed E-state index contributed by atoms with van der Waals surface area (Å²) in [5.74, 6) is 1.64. The molecule has 0 radical (unpaired) electrons. The van der Waals surface area contributed by atoms with Gasteiger partial charge in [0.25, 0.3) is 6.71 Å². The van der Waals surface area contributed by atoms with Crippen molar-refractivity contribution in [2.24, 2.45) is 0 Å². The standard InChI is InChI=1S/C39H29BO2/c1-26-14-12-21-29(27(26)2)30-17-6-8-19-32(30)38(41)33-20-9-7-18-31(33)34-22-13-24-36-39(34)42-37-25-11-10-23-35(37)40(36)28-15-4-3-5-16-28/h3-25H,1-2H3. The molecule has 0 saturated carbocycles. The van der Waals surface area contributed by atoms with Gasteiger partial charge in [-0.2, -0.15) is 0 Å². The first-order valence-corrected chi connectivity index (χ1v) is 14.4. The van der Waals surface area contributed by atoms with Gasteiger partial charge >= 0.3 is 0 Å². The van der Waals surface area contributed by atoms with E-state index >= 15 is 0 Å². The average molecular weight is 540 g/mol. The van der Waals surface area contributed by atoms with E-state index in [2.05, 4.69) is 86.6 Å². The van der Waals surface area contributed by atoms with Crippen LogP contribution in [0.5, 0.6) is 11.5 Å². The van der Waals surface area contributed by atoms with Gasteiger partial charge in [0.2, 0.25) is 0 Å². The summed E-state index contributed by atoms with van der Waals surface area (Å²) >= 11 is 0. The molecule has 6 aromatic rings. The summed E-state index contributed by atoms with van der Waals surface area (Å²) in [7, 11) is 0. The van der Waals surface area contributed by atoms with Crippen molar-refractivity contribution in [3.63, 3.8) is 0 Å². The van der Waals surface area contributed by atoms with Crippen molar-refractivity contribution in [2.45, 2.75) is 13.8 Å². The fraction of sp³-hybridized carbons (Fsp3) is 0.0513. The normalized spacial score (nSPS) is 11.8. The Labute approximate surface area is 247 Å². The molecule has 7 rings (SSSR count). The predicted molar refractivity (Wildman–Crippen MR) is 174 cm³/mol. The molecular weight excluding hydrogens is 511 g/mol. The Morgan fingerprint density at radius 2 is 1.07 bits per heavy atom. The molecule has 0 atom stereocenters. The number of carbonyl (C=O) groups is 1. The number of hydrogen-bond donors (Lipinski definition) is 0. The van der Waals surface area contributed by atoms with Crippen LogP contribution in [-0.2, 0) is 0 Å². The Bertz CT molecular complexity index is 1960. The third-order valence-electron chi connectivity index (χ3n) is 8.46. The lowest BCUT2D eigenvalue weighted by Gasteiger charge is -2.28. The predicted octanol–water partition coefficient (Wildman–Crippen LogP) is 7.49. The van der Waals surface area contributed by atoms with E-state index in [1.54, 1.807) is 0 Å². The maximum absolute atomic E-state index is 14.4. The number of hydrogen-bond acceptors (Lipinski definition) is 2. The van der Waals surface area contributed by atoms with Crippen molar-refractivity contribution in [3.8, 4) is 33.8 Å². The number of para-hydroxylation sites is 2. The van der Waals surface area contributed by atoms with E-state index in [0.29, 0.717) is 11.1 Å². The number of rotatable bonds is 5. The molecule has 3 heteroatoms. The van der Waals surface area contributed by atoms with Gasteiger partial charge < -0.3 is 4.74 Å². The quantitative estimate of drug-likeness (QED) is 0.167. The van der Waals surface area contributed by atoms with Crippen LogP contribution in [0, 0.1) is 13.8 Å². The maximum atomic E-state index is 14.4.